The molecule has 0 aliphatic heterocycles. The van der Waals surface area contributed by atoms with E-state index in [2.05, 4.69) is 16.9 Å². The number of carbonyl (C=O) groups excluding carboxylic acids is 1. The minimum absolute atomic E-state index is 0.135. The van der Waals surface area contributed by atoms with Crippen molar-refractivity contribution in [3.05, 3.63) is 35.5 Å². The van der Waals surface area contributed by atoms with E-state index in [-0.39, 0.29) is 18.1 Å². The zero-order valence-corrected chi connectivity index (χ0v) is 8.92. The van der Waals surface area contributed by atoms with Gasteiger partial charge < -0.3 is 11.1 Å². The number of anilines is 1. The molecule has 0 fully saturated rings. The largest absolute Gasteiger partial charge is 0.383 e. The molecule has 1 aromatic rings. The summed E-state index contributed by atoms with van der Waals surface area (Å²) in [5, 5.41) is 3.29. The molecule has 80 valence electrons. The molecule has 1 aromatic heterocycles. The smallest absolute Gasteiger partial charge is 0.180 e. The molecule has 3 N–H and O–H groups in total. The first kappa shape index (κ1) is 11.7. The minimum Gasteiger partial charge on any atom is -0.383 e. The van der Waals surface area contributed by atoms with Gasteiger partial charge in [0.05, 0.1) is 17.1 Å². The molecule has 0 amide bonds. The lowest BCUT2D eigenvalue weighted by Gasteiger charge is -2.04. The molecule has 1 heterocycles. The highest BCUT2D eigenvalue weighted by Crippen LogP contribution is 2.14. The van der Waals surface area contributed by atoms with Crippen molar-refractivity contribution in [2.45, 2.75) is 0 Å². The molecular weight excluding hydrogens is 214 g/mol. The van der Waals surface area contributed by atoms with E-state index in [9.17, 15) is 4.79 Å². The quantitative estimate of drug-likeness (QED) is 0.450. The van der Waals surface area contributed by atoms with Gasteiger partial charge in [-0.1, -0.05) is 17.7 Å². The van der Waals surface area contributed by atoms with Gasteiger partial charge in [0.2, 0.25) is 0 Å². The van der Waals surface area contributed by atoms with Crippen LogP contribution in [-0.4, -0.2) is 23.9 Å². The number of nitrogens with one attached hydrogen (secondary N) is 1. The van der Waals surface area contributed by atoms with Crippen LogP contribution in [0.1, 0.15) is 10.4 Å². The number of pyridine rings is 1. The molecular formula is C10H12ClN3O. The van der Waals surface area contributed by atoms with E-state index >= 15 is 0 Å². The number of Topliss-reactive ketones (excluding diaryl/α,β-unsaturated/α-hetero) is 1. The molecule has 0 radical (unpaired) electrons. The Morgan fingerprint density at radius 2 is 2.47 bits per heavy atom. The van der Waals surface area contributed by atoms with Crippen LogP contribution in [0.4, 0.5) is 5.82 Å². The summed E-state index contributed by atoms with van der Waals surface area (Å²) in [5.41, 5.74) is 5.90. The Morgan fingerprint density at radius 3 is 3.13 bits per heavy atom. The number of nitrogen functional groups attached to an aromatic ring is 1. The fourth-order valence-electron chi connectivity index (χ4n) is 1.06. The van der Waals surface area contributed by atoms with Crippen molar-refractivity contribution in [3.8, 4) is 0 Å². The van der Waals surface area contributed by atoms with Crippen molar-refractivity contribution < 1.29 is 4.79 Å². The number of carbonyl (C=O) groups is 1. The van der Waals surface area contributed by atoms with E-state index in [4.69, 9.17) is 17.3 Å². The molecule has 0 atom stereocenters. The first-order valence-corrected chi connectivity index (χ1v) is 4.78. The predicted octanol–water partition coefficient (Wildman–Crippen LogP) is 1.28. The average Bonchev–Trinajstić information content (AvgIpc) is 2.22. The molecule has 0 aromatic carbocycles. The van der Waals surface area contributed by atoms with E-state index in [1.165, 1.54) is 12.3 Å². The van der Waals surface area contributed by atoms with Gasteiger partial charge in [-0.2, -0.15) is 0 Å². The summed E-state index contributed by atoms with van der Waals surface area (Å²) in [6, 6.07) is 1.52. The van der Waals surface area contributed by atoms with Crippen molar-refractivity contribution >= 4 is 23.2 Å². The summed E-state index contributed by atoms with van der Waals surface area (Å²) < 4.78 is 0. The van der Waals surface area contributed by atoms with Crippen LogP contribution in [0.3, 0.4) is 0 Å². The number of hydrogen-bond acceptors (Lipinski definition) is 4. The maximum atomic E-state index is 11.6. The maximum Gasteiger partial charge on any atom is 0.180 e. The van der Waals surface area contributed by atoms with Gasteiger partial charge in [0.25, 0.3) is 0 Å². The highest BCUT2D eigenvalue weighted by Gasteiger charge is 2.10. The Labute approximate surface area is 93.1 Å². The molecule has 0 spiro atoms. The number of hydrogen-bond donors (Lipinski definition) is 2. The summed E-state index contributed by atoms with van der Waals surface area (Å²) in [6.07, 6.45) is 3.08. The highest BCUT2D eigenvalue weighted by molar-refractivity contribution is 6.31. The second kappa shape index (κ2) is 5.48. The minimum atomic E-state index is -0.135. The van der Waals surface area contributed by atoms with E-state index < -0.39 is 0 Å². The van der Waals surface area contributed by atoms with Gasteiger partial charge in [-0.3, -0.25) is 4.79 Å². The van der Waals surface area contributed by atoms with E-state index in [0.717, 1.165) is 0 Å². The topological polar surface area (TPSA) is 68.0 Å². The zero-order chi connectivity index (χ0) is 11.3. The van der Waals surface area contributed by atoms with Crippen molar-refractivity contribution in [2.75, 3.05) is 18.8 Å². The van der Waals surface area contributed by atoms with Gasteiger partial charge in [-0.05, 0) is 6.07 Å². The monoisotopic (exact) mass is 225 g/mol. The lowest BCUT2D eigenvalue weighted by Crippen LogP contribution is -2.23. The lowest BCUT2D eigenvalue weighted by molar-refractivity contribution is 0.0993. The molecule has 15 heavy (non-hydrogen) atoms. The second-order valence-electron chi connectivity index (χ2n) is 2.93. The van der Waals surface area contributed by atoms with Crippen LogP contribution in [0, 0.1) is 0 Å². The number of nitrogens with zero attached hydrogens (tertiary/aromatic N) is 1. The van der Waals surface area contributed by atoms with Crippen LogP contribution in [0.5, 0.6) is 0 Å². The van der Waals surface area contributed by atoms with Gasteiger partial charge in [0.15, 0.2) is 5.78 Å². The molecule has 0 bridgehead atoms. The third-order valence-corrected chi connectivity index (χ3v) is 1.97. The summed E-state index contributed by atoms with van der Waals surface area (Å²) >= 11 is 5.72. The third kappa shape index (κ3) is 3.34. The van der Waals surface area contributed by atoms with Crippen molar-refractivity contribution in [1.82, 2.24) is 10.3 Å². The van der Waals surface area contributed by atoms with Crippen molar-refractivity contribution in [3.63, 3.8) is 0 Å². The van der Waals surface area contributed by atoms with Crippen molar-refractivity contribution in [1.29, 1.82) is 0 Å². The summed E-state index contributed by atoms with van der Waals surface area (Å²) in [7, 11) is 0. The first-order valence-electron chi connectivity index (χ1n) is 4.41. The van der Waals surface area contributed by atoms with Gasteiger partial charge in [-0.25, -0.2) is 4.98 Å². The maximum absolute atomic E-state index is 11.6. The average molecular weight is 226 g/mol. The van der Waals surface area contributed by atoms with Crippen LogP contribution in [0.25, 0.3) is 0 Å². The molecule has 0 aliphatic rings. The normalized spacial score (nSPS) is 9.93. The van der Waals surface area contributed by atoms with Crippen LogP contribution in [-0.2, 0) is 0 Å². The lowest BCUT2D eigenvalue weighted by atomic mass is 10.1. The van der Waals surface area contributed by atoms with Crippen LogP contribution in [0.15, 0.2) is 24.9 Å². The van der Waals surface area contributed by atoms with E-state index in [0.29, 0.717) is 17.1 Å². The van der Waals surface area contributed by atoms with Crippen LogP contribution in [0.2, 0.25) is 5.02 Å². The van der Waals surface area contributed by atoms with Crippen LogP contribution < -0.4 is 11.1 Å². The predicted molar refractivity (Wildman–Crippen MR) is 61.1 cm³/mol. The molecule has 0 saturated carbocycles. The fourth-order valence-corrected chi connectivity index (χ4v) is 1.21. The standard InChI is InChI=1S/C10H12ClN3O/c1-2-3-13-6-9(15)8-4-7(11)5-14-10(8)12/h2,4-5,13H,1,3,6H2,(H2,12,14). The number of halogens is 1. The van der Waals surface area contributed by atoms with Gasteiger partial charge in [0, 0.05) is 12.7 Å². The highest BCUT2D eigenvalue weighted by atomic mass is 35.5. The third-order valence-electron chi connectivity index (χ3n) is 1.76. The Hall–Kier alpha value is -1.39. The molecule has 5 heteroatoms. The molecule has 0 saturated heterocycles. The molecule has 0 unspecified atom stereocenters. The van der Waals surface area contributed by atoms with Crippen molar-refractivity contribution in [2.24, 2.45) is 0 Å². The zero-order valence-electron chi connectivity index (χ0n) is 8.16. The molecule has 0 aliphatic carbocycles. The summed E-state index contributed by atoms with van der Waals surface area (Å²) in [5.74, 6) is 0.0640. The molecule has 4 nitrogen and oxygen atoms in total. The Kier molecular flexibility index (Phi) is 4.27. The number of ketones is 1. The first-order chi connectivity index (χ1) is 7.15. The Balaban J connectivity index is 2.72. The van der Waals surface area contributed by atoms with E-state index in [1.807, 2.05) is 0 Å². The van der Waals surface area contributed by atoms with Gasteiger partial charge in [0.1, 0.15) is 5.82 Å². The Morgan fingerprint density at radius 1 is 1.73 bits per heavy atom. The fraction of sp³-hybridized carbons (Fsp3) is 0.200. The van der Waals surface area contributed by atoms with Gasteiger partial charge in [-0.15, -0.1) is 6.58 Å². The molecule has 1 rings (SSSR count). The number of rotatable bonds is 5. The number of aromatic nitrogens is 1. The Bertz CT molecular complexity index is 379. The van der Waals surface area contributed by atoms with E-state index in [1.54, 1.807) is 6.08 Å². The van der Waals surface area contributed by atoms with Gasteiger partial charge >= 0.3 is 0 Å². The summed E-state index contributed by atoms with van der Waals surface area (Å²) in [6.45, 7) is 4.29. The second-order valence-corrected chi connectivity index (χ2v) is 3.37. The SMILES string of the molecule is C=CCNCC(=O)c1cc(Cl)cnc1N. The van der Waals surface area contributed by atoms with Crippen LogP contribution >= 0.6 is 11.6 Å². The number of nitrogens with two attached hydrogens (primary N) is 1. The summed E-state index contributed by atoms with van der Waals surface area (Å²) in [4.78, 5) is 15.4.